The lowest BCUT2D eigenvalue weighted by atomic mass is 10.2. The van der Waals surface area contributed by atoms with Crippen LogP contribution >= 0.6 is 15.9 Å². The molecule has 2 rings (SSSR count). The molecule has 0 aromatic heterocycles. The van der Waals surface area contributed by atoms with Crippen LogP contribution in [0.4, 0.5) is 10.1 Å². The Bertz CT molecular complexity index is 667. The first-order valence-corrected chi connectivity index (χ1v) is 8.59. The summed E-state index contributed by atoms with van der Waals surface area (Å²) < 4.78 is 14.5. The minimum Gasteiger partial charge on any atom is -0.330 e. The Balaban J connectivity index is 1.98. The lowest BCUT2D eigenvalue weighted by molar-refractivity contribution is -0.117. The fourth-order valence-electron chi connectivity index (χ4n) is 2.35. The van der Waals surface area contributed by atoms with Crippen LogP contribution < -0.4 is 11.1 Å². The number of hydrogen-bond donors (Lipinski definition) is 2. The smallest absolute Gasteiger partial charge is 0.238 e. The Morgan fingerprint density at radius 3 is 2.62 bits per heavy atom. The van der Waals surface area contributed by atoms with Gasteiger partial charge in [0.05, 0.1) is 12.2 Å². The highest BCUT2D eigenvalue weighted by atomic mass is 79.9. The first-order valence-electron chi connectivity index (χ1n) is 7.79. The van der Waals surface area contributed by atoms with Gasteiger partial charge in [0.15, 0.2) is 0 Å². The van der Waals surface area contributed by atoms with Crippen LogP contribution in [-0.4, -0.2) is 30.4 Å². The summed E-state index contributed by atoms with van der Waals surface area (Å²) in [5.74, 6) is -0.710. The Hall–Kier alpha value is -1.76. The molecule has 2 aromatic carbocycles. The van der Waals surface area contributed by atoms with E-state index >= 15 is 0 Å². The zero-order valence-corrected chi connectivity index (χ0v) is 14.9. The molecule has 24 heavy (non-hydrogen) atoms. The molecule has 0 heterocycles. The molecule has 0 saturated heterocycles. The van der Waals surface area contributed by atoms with Crippen LogP contribution in [0.2, 0.25) is 0 Å². The first-order chi connectivity index (χ1) is 11.6. The van der Waals surface area contributed by atoms with Gasteiger partial charge in [-0.2, -0.15) is 0 Å². The molecular formula is C18H21BrFN3O. The van der Waals surface area contributed by atoms with Crippen LogP contribution in [0.25, 0.3) is 0 Å². The Labute approximate surface area is 150 Å². The third kappa shape index (κ3) is 6.03. The van der Waals surface area contributed by atoms with Gasteiger partial charge in [-0.15, -0.1) is 0 Å². The average molecular weight is 394 g/mol. The van der Waals surface area contributed by atoms with E-state index in [2.05, 4.69) is 21.2 Å². The van der Waals surface area contributed by atoms with Crippen molar-refractivity contribution >= 4 is 27.5 Å². The number of benzene rings is 2. The van der Waals surface area contributed by atoms with Crippen molar-refractivity contribution in [2.75, 3.05) is 25.0 Å². The second-order valence-electron chi connectivity index (χ2n) is 5.51. The van der Waals surface area contributed by atoms with E-state index in [0.717, 1.165) is 12.0 Å². The quantitative estimate of drug-likeness (QED) is 0.722. The third-order valence-electron chi connectivity index (χ3n) is 3.50. The van der Waals surface area contributed by atoms with Crippen molar-refractivity contribution in [2.45, 2.75) is 13.0 Å². The van der Waals surface area contributed by atoms with Crippen molar-refractivity contribution in [1.29, 1.82) is 0 Å². The first kappa shape index (κ1) is 18.6. The van der Waals surface area contributed by atoms with Crippen molar-refractivity contribution in [3.05, 3.63) is 64.4 Å². The summed E-state index contributed by atoms with van der Waals surface area (Å²) in [5, 5.41) is 2.62. The van der Waals surface area contributed by atoms with E-state index in [1.165, 1.54) is 6.07 Å². The second kappa shape index (κ2) is 9.52. The summed E-state index contributed by atoms with van der Waals surface area (Å²) in [4.78, 5) is 14.3. The van der Waals surface area contributed by atoms with Crippen LogP contribution in [0.3, 0.4) is 0 Å². The minimum absolute atomic E-state index is 0.182. The molecule has 0 aliphatic heterocycles. The topological polar surface area (TPSA) is 58.4 Å². The summed E-state index contributed by atoms with van der Waals surface area (Å²) in [6.07, 6.45) is 0.798. The van der Waals surface area contributed by atoms with Gasteiger partial charge in [-0.3, -0.25) is 9.69 Å². The molecule has 0 aliphatic carbocycles. The molecule has 0 spiro atoms. The van der Waals surface area contributed by atoms with Crippen LogP contribution in [0.1, 0.15) is 12.0 Å². The summed E-state index contributed by atoms with van der Waals surface area (Å²) in [6, 6.07) is 14.5. The monoisotopic (exact) mass is 393 g/mol. The number of halogens is 2. The van der Waals surface area contributed by atoms with E-state index in [-0.39, 0.29) is 18.1 Å². The van der Waals surface area contributed by atoms with Gasteiger partial charge in [0.25, 0.3) is 0 Å². The van der Waals surface area contributed by atoms with E-state index < -0.39 is 5.82 Å². The van der Waals surface area contributed by atoms with Gasteiger partial charge < -0.3 is 11.1 Å². The van der Waals surface area contributed by atoms with Crippen LogP contribution in [0, 0.1) is 5.82 Å². The van der Waals surface area contributed by atoms with Gasteiger partial charge in [-0.1, -0.05) is 46.3 Å². The largest absolute Gasteiger partial charge is 0.330 e. The molecule has 0 atom stereocenters. The predicted molar refractivity (Wildman–Crippen MR) is 98.1 cm³/mol. The Morgan fingerprint density at radius 2 is 1.96 bits per heavy atom. The number of nitrogens with zero attached hydrogens (tertiary/aromatic N) is 1. The van der Waals surface area contributed by atoms with Gasteiger partial charge in [-0.05, 0) is 36.7 Å². The maximum absolute atomic E-state index is 13.8. The molecule has 0 saturated carbocycles. The number of carbonyl (C=O) groups is 1. The highest BCUT2D eigenvalue weighted by molar-refractivity contribution is 9.10. The zero-order valence-electron chi connectivity index (χ0n) is 13.3. The Kier molecular flexibility index (Phi) is 7.36. The van der Waals surface area contributed by atoms with E-state index in [1.807, 2.05) is 35.2 Å². The molecular weight excluding hydrogens is 373 g/mol. The van der Waals surface area contributed by atoms with Gasteiger partial charge in [0.1, 0.15) is 5.82 Å². The van der Waals surface area contributed by atoms with Crippen molar-refractivity contribution in [1.82, 2.24) is 4.90 Å². The highest BCUT2D eigenvalue weighted by Crippen LogP contribution is 2.19. The SMILES string of the molecule is NCCCN(CC(=O)Nc1ccc(Br)cc1F)Cc1ccccc1. The van der Waals surface area contributed by atoms with Crippen molar-refractivity contribution in [2.24, 2.45) is 5.73 Å². The number of nitrogens with one attached hydrogen (secondary N) is 1. The number of nitrogens with two attached hydrogens (primary N) is 1. The molecule has 0 aliphatic rings. The van der Waals surface area contributed by atoms with E-state index in [9.17, 15) is 9.18 Å². The standard InChI is InChI=1S/C18H21BrFN3O/c19-15-7-8-17(16(20)11-15)22-18(24)13-23(10-4-9-21)12-14-5-2-1-3-6-14/h1-3,5-8,11H,4,9-10,12-13,21H2,(H,22,24). The average Bonchev–Trinajstić information content (AvgIpc) is 2.56. The summed E-state index contributed by atoms with van der Waals surface area (Å²) >= 11 is 3.20. The van der Waals surface area contributed by atoms with Gasteiger partial charge in [0.2, 0.25) is 5.91 Å². The number of carbonyl (C=O) groups excluding carboxylic acids is 1. The number of anilines is 1. The molecule has 6 heteroatoms. The van der Waals surface area contributed by atoms with Crippen molar-refractivity contribution in [3.63, 3.8) is 0 Å². The van der Waals surface area contributed by atoms with Crippen LogP contribution in [-0.2, 0) is 11.3 Å². The lowest BCUT2D eigenvalue weighted by Crippen LogP contribution is -2.34. The van der Waals surface area contributed by atoms with Gasteiger partial charge in [0, 0.05) is 17.6 Å². The molecule has 0 fully saturated rings. The number of rotatable bonds is 8. The summed E-state index contributed by atoms with van der Waals surface area (Å²) in [7, 11) is 0. The maximum Gasteiger partial charge on any atom is 0.238 e. The molecule has 3 N–H and O–H groups in total. The normalized spacial score (nSPS) is 10.8. The molecule has 4 nitrogen and oxygen atoms in total. The fourth-order valence-corrected chi connectivity index (χ4v) is 2.69. The zero-order chi connectivity index (χ0) is 17.4. The van der Waals surface area contributed by atoms with Crippen LogP contribution in [0.5, 0.6) is 0 Å². The van der Waals surface area contributed by atoms with E-state index in [0.29, 0.717) is 24.1 Å². The van der Waals surface area contributed by atoms with Crippen molar-refractivity contribution < 1.29 is 9.18 Å². The van der Waals surface area contributed by atoms with Crippen molar-refractivity contribution in [3.8, 4) is 0 Å². The highest BCUT2D eigenvalue weighted by Gasteiger charge is 2.13. The van der Waals surface area contributed by atoms with Gasteiger partial charge in [-0.25, -0.2) is 4.39 Å². The molecule has 1 amide bonds. The van der Waals surface area contributed by atoms with E-state index in [1.54, 1.807) is 12.1 Å². The second-order valence-corrected chi connectivity index (χ2v) is 6.43. The van der Waals surface area contributed by atoms with E-state index in [4.69, 9.17) is 5.73 Å². The number of hydrogen-bond acceptors (Lipinski definition) is 3. The molecule has 128 valence electrons. The molecule has 0 unspecified atom stereocenters. The maximum atomic E-state index is 13.8. The Morgan fingerprint density at radius 1 is 1.21 bits per heavy atom. The van der Waals surface area contributed by atoms with Crippen LogP contribution in [0.15, 0.2) is 53.0 Å². The summed E-state index contributed by atoms with van der Waals surface area (Å²) in [5.41, 5.74) is 6.88. The number of amides is 1. The molecule has 0 bridgehead atoms. The fraction of sp³-hybridized carbons (Fsp3) is 0.278. The summed E-state index contributed by atoms with van der Waals surface area (Å²) in [6.45, 7) is 2.11. The third-order valence-corrected chi connectivity index (χ3v) is 3.99. The molecule has 0 radical (unpaired) electrons. The predicted octanol–water partition coefficient (Wildman–Crippen LogP) is 3.38. The minimum atomic E-state index is -0.464. The van der Waals surface area contributed by atoms with Gasteiger partial charge >= 0.3 is 0 Å². The molecule has 2 aromatic rings. The lowest BCUT2D eigenvalue weighted by Gasteiger charge is -2.21.